The van der Waals surface area contributed by atoms with E-state index >= 15 is 0 Å². The molecule has 2 N–H and O–H groups in total. The van der Waals surface area contributed by atoms with E-state index in [0.29, 0.717) is 6.04 Å². The molecule has 27 heavy (non-hydrogen) atoms. The van der Waals surface area contributed by atoms with Gasteiger partial charge in [0, 0.05) is 45.8 Å². The summed E-state index contributed by atoms with van der Waals surface area (Å²) in [6.07, 6.45) is 12.4. The molecule has 0 aromatic rings. The Kier molecular flexibility index (Phi) is 11.1. The SMILES string of the molecule is CCN1CCN(CCCCNC(=NC)NC(C)CCC2CCCCC2)CC1. The maximum atomic E-state index is 4.41. The van der Waals surface area contributed by atoms with Crippen molar-refractivity contribution in [2.24, 2.45) is 10.9 Å². The number of nitrogens with zero attached hydrogens (tertiary/aromatic N) is 3. The Morgan fingerprint density at radius 1 is 1.04 bits per heavy atom. The van der Waals surface area contributed by atoms with Gasteiger partial charge in [-0.05, 0) is 51.6 Å². The number of guanidine groups is 1. The molecule has 0 spiro atoms. The van der Waals surface area contributed by atoms with E-state index in [2.05, 4.69) is 39.3 Å². The highest BCUT2D eigenvalue weighted by Gasteiger charge is 2.16. The van der Waals surface area contributed by atoms with E-state index in [1.807, 2.05) is 7.05 Å². The Bertz CT molecular complexity index is 398. The summed E-state index contributed by atoms with van der Waals surface area (Å²) in [7, 11) is 1.89. The molecule has 0 aromatic carbocycles. The van der Waals surface area contributed by atoms with E-state index in [1.165, 1.54) is 97.1 Å². The highest BCUT2D eigenvalue weighted by atomic mass is 15.3. The van der Waals surface area contributed by atoms with Gasteiger partial charge in [0.15, 0.2) is 5.96 Å². The van der Waals surface area contributed by atoms with Crippen molar-refractivity contribution in [1.82, 2.24) is 20.4 Å². The minimum atomic E-state index is 0.507. The number of hydrogen-bond acceptors (Lipinski definition) is 3. The van der Waals surface area contributed by atoms with E-state index < -0.39 is 0 Å². The molecule has 0 amide bonds. The van der Waals surface area contributed by atoms with Gasteiger partial charge in [0.2, 0.25) is 0 Å². The van der Waals surface area contributed by atoms with E-state index in [-0.39, 0.29) is 0 Å². The zero-order chi connectivity index (χ0) is 19.3. The number of likely N-dealkylation sites (N-methyl/N-ethyl adjacent to an activating group) is 1. The monoisotopic (exact) mass is 379 g/mol. The Balaban J connectivity index is 1.49. The summed E-state index contributed by atoms with van der Waals surface area (Å²) in [5, 5.41) is 7.09. The fourth-order valence-corrected chi connectivity index (χ4v) is 4.46. The van der Waals surface area contributed by atoms with Crippen LogP contribution in [0.4, 0.5) is 0 Å². The summed E-state index contributed by atoms with van der Waals surface area (Å²) in [5.74, 6) is 1.94. The molecule has 158 valence electrons. The minimum absolute atomic E-state index is 0.507. The van der Waals surface area contributed by atoms with Gasteiger partial charge in [-0.2, -0.15) is 0 Å². The van der Waals surface area contributed by atoms with Gasteiger partial charge >= 0.3 is 0 Å². The second kappa shape index (κ2) is 13.4. The molecule has 5 nitrogen and oxygen atoms in total. The molecule has 0 radical (unpaired) electrons. The zero-order valence-electron chi connectivity index (χ0n) is 18.3. The fraction of sp³-hybridized carbons (Fsp3) is 0.955. The Morgan fingerprint density at radius 3 is 2.41 bits per heavy atom. The fourth-order valence-electron chi connectivity index (χ4n) is 4.46. The summed E-state index contributed by atoms with van der Waals surface area (Å²) >= 11 is 0. The van der Waals surface area contributed by atoms with E-state index in [0.717, 1.165) is 18.4 Å². The highest BCUT2D eigenvalue weighted by molar-refractivity contribution is 5.79. The van der Waals surface area contributed by atoms with Crippen molar-refractivity contribution >= 4 is 5.96 Å². The van der Waals surface area contributed by atoms with Crippen LogP contribution in [0.5, 0.6) is 0 Å². The van der Waals surface area contributed by atoms with E-state index in [4.69, 9.17) is 0 Å². The average Bonchev–Trinajstić information content (AvgIpc) is 2.72. The summed E-state index contributed by atoms with van der Waals surface area (Å²) < 4.78 is 0. The zero-order valence-corrected chi connectivity index (χ0v) is 18.3. The van der Waals surface area contributed by atoms with Crippen molar-refractivity contribution in [3.8, 4) is 0 Å². The number of nitrogens with one attached hydrogen (secondary N) is 2. The highest BCUT2D eigenvalue weighted by Crippen LogP contribution is 2.27. The van der Waals surface area contributed by atoms with Crippen LogP contribution in [-0.4, -0.2) is 74.7 Å². The first kappa shape index (κ1) is 22.5. The maximum Gasteiger partial charge on any atom is 0.191 e. The molecule has 2 aliphatic rings. The molecule has 1 aliphatic heterocycles. The van der Waals surface area contributed by atoms with Crippen molar-refractivity contribution in [2.45, 2.75) is 77.7 Å². The summed E-state index contributed by atoms with van der Waals surface area (Å²) in [6.45, 7) is 13.0. The Morgan fingerprint density at radius 2 is 1.74 bits per heavy atom. The Hall–Kier alpha value is -0.810. The topological polar surface area (TPSA) is 42.9 Å². The molecule has 1 aliphatic carbocycles. The van der Waals surface area contributed by atoms with Crippen molar-refractivity contribution in [3.05, 3.63) is 0 Å². The van der Waals surface area contributed by atoms with Gasteiger partial charge in [-0.25, -0.2) is 0 Å². The lowest BCUT2D eigenvalue weighted by atomic mass is 9.85. The first-order valence-corrected chi connectivity index (χ1v) is 11.6. The molecule has 1 saturated carbocycles. The third kappa shape index (κ3) is 9.29. The quantitative estimate of drug-likeness (QED) is 0.347. The van der Waals surface area contributed by atoms with Crippen LogP contribution < -0.4 is 10.6 Å². The lowest BCUT2D eigenvalue weighted by Crippen LogP contribution is -2.46. The average molecular weight is 380 g/mol. The standard InChI is InChI=1S/C22H45N5/c1-4-26-16-18-27(19-17-26)15-9-8-14-24-22(23-3)25-20(2)12-13-21-10-6-5-7-11-21/h20-21H,4-19H2,1-3H3,(H2,23,24,25). The molecule has 5 heteroatoms. The van der Waals surface area contributed by atoms with Crippen LogP contribution in [0.1, 0.15) is 71.6 Å². The van der Waals surface area contributed by atoms with Crippen LogP contribution >= 0.6 is 0 Å². The van der Waals surface area contributed by atoms with E-state index in [9.17, 15) is 0 Å². The second-order valence-electron chi connectivity index (χ2n) is 8.61. The number of piperazine rings is 1. The number of aliphatic imine (C=N–C) groups is 1. The van der Waals surface area contributed by atoms with Crippen LogP contribution in [0.15, 0.2) is 4.99 Å². The van der Waals surface area contributed by atoms with Crippen LogP contribution in [0.2, 0.25) is 0 Å². The molecule has 0 bridgehead atoms. The van der Waals surface area contributed by atoms with Crippen LogP contribution in [0.3, 0.4) is 0 Å². The van der Waals surface area contributed by atoms with Gasteiger partial charge in [0.1, 0.15) is 0 Å². The second-order valence-corrected chi connectivity index (χ2v) is 8.61. The smallest absolute Gasteiger partial charge is 0.191 e. The van der Waals surface area contributed by atoms with Crippen molar-refractivity contribution in [1.29, 1.82) is 0 Å². The minimum Gasteiger partial charge on any atom is -0.356 e. The molecule has 0 aromatic heterocycles. The molecular weight excluding hydrogens is 334 g/mol. The third-order valence-corrected chi connectivity index (χ3v) is 6.45. The predicted molar refractivity (Wildman–Crippen MR) is 118 cm³/mol. The summed E-state index contributed by atoms with van der Waals surface area (Å²) in [6, 6.07) is 0.507. The van der Waals surface area contributed by atoms with Gasteiger partial charge in [-0.1, -0.05) is 39.0 Å². The predicted octanol–water partition coefficient (Wildman–Crippen LogP) is 3.32. The maximum absolute atomic E-state index is 4.41. The van der Waals surface area contributed by atoms with Gasteiger partial charge in [0.05, 0.1) is 0 Å². The Labute approximate surface area is 168 Å². The van der Waals surface area contributed by atoms with Crippen molar-refractivity contribution in [2.75, 3.05) is 52.9 Å². The van der Waals surface area contributed by atoms with E-state index in [1.54, 1.807) is 0 Å². The van der Waals surface area contributed by atoms with Gasteiger partial charge in [-0.3, -0.25) is 4.99 Å². The van der Waals surface area contributed by atoms with Crippen LogP contribution in [0, 0.1) is 5.92 Å². The molecule has 1 heterocycles. The lowest BCUT2D eigenvalue weighted by Gasteiger charge is -2.34. The number of unbranched alkanes of at least 4 members (excludes halogenated alkanes) is 1. The normalized spacial score (nSPS) is 22.0. The van der Waals surface area contributed by atoms with Crippen molar-refractivity contribution < 1.29 is 0 Å². The number of hydrogen-bond donors (Lipinski definition) is 2. The summed E-state index contributed by atoms with van der Waals surface area (Å²) in [5.41, 5.74) is 0. The molecule has 1 saturated heterocycles. The first-order chi connectivity index (χ1) is 13.2. The van der Waals surface area contributed by atoms with Crippen LogP contribution in [-0.2, 0) is 0 Å². The largest absolute Gasteiger partial charge is 0.356 e. The van der Waals surface area contributed by atoms with Gasteiger partial charge < -0.3 is 20.4 Å². The molecule has 2 rings (SSSR count). The third-order valence-electron chi connectivity index (χ3n) is 6.45. The molecular formula is C22H45N5. The van der Waals surface area contributed by atoms with Crippen LogP contribution in [0.25, 0.3) is 0 Å². The van der Waals surface area contributed by atoms with Gasteiger partial charge in [0.25, 0.3) is 0 Å². The molecule has 1 atom stereocenters. The van der Waals surface area contributed by atoms with Crippen molar-refractivity contribution in [3.63, 3.8) is 0 Å². The number of rotatable bonds is 10. The molecule has 1 unspecified atom stereocenters. The summed E-state index contributed by atoms with van der Waals surface area (Å²) in [4.78, 5) is 9.57. The van der Waals surface area contributed by atoms with Gasteiger partial charge in [-0.15, -0.1) is 0 Å². The first-order valence-electron chi connectivity index (χ1n) is 11.6. The lowest BCUT2D eigenvalue weighted by molar-refractivity contribution is 0.136. The molecule has 2 fully saturated rings.